The zero-order valence-corrected chi connectivity index (χ0v) is 12.5. The van der Waals surface area contributed by atoms with Crippen molar-refractivity contribution in [2.75, 3.05) is 0 Å². The molecule has 0 saturated carbocycles. The zero-order valence-electron chi connectivity index (χ0n) is 10.2. The molecule has 106 valence electrons. The van der Waals surface area contributed by atoms with Crippen LogP contribution in [0.1, 0.15) is 13.8 Å². The molecule has 1 aromatic carbocycles. The first-order valence-corrected chi connectivity index (χ1v) is 7.58. The van der Waals surface area contributed by atoms with Gasteiger partial charge in [0, 0.05) is 0 Å². The van der Waals surface area contributed by atoms with Gasteiger partial charge < -0.3 is 9.90 Å². The molecule has 1 rings (SSSR count). The van der Waals surface area contributed by atoms with E-state index >= 15 is 0 Å². The highest BCUT2D eigenvalue weighted by atomic mass is 35.5. The van der Waals surface area contributed by atoms with E-state index in [2.05, 4.69) is 0 Å². The highest BCUT2D eigenvalue weighted by Crippen LogP contribution is 2.29. The van der Waals surface area contributed by atoms with E-state index in [0.717, 1.165) is 0 Å². The molecule has 0 saturated heterocycles. The van der Waals surface area contributed by atoms with Crippen LogP contribution in [0.2, 0.25) is 10.0 Å². The fraction of sp³-hybridized carbons (Fsp3) is 0.364. The maximum atomic E-state index is 12.1. The Balaban J connectivity index is 3.22. The number of carbonyl (C=O) groups is 1. The van der Waals surface area contributed by atoms with E-state index in [-0.39, 0.29) is 14.9 Å². The van der Waals surface area contributed by atoms with Crippen molar-refractivity contribution in [3.05, 3.63) is 28.2 Å². The standard InChI is InChI=1S/C11H13Cl2NO4S/c1-6(2)9(11(15)16)14-19(17,18)10-7(12)4-3-5-8(10)13/h3-6,9,14H,1-2H3,(H,15,16)/p-1/t9-/m0/s1. The highest BCUT2D eigenvalue weighted by Gasteiger charge is 2.27. The molecule has 1 N–H and O–H groups in total. The van der Waals surface area contributed by atoms with E-state index in [1.807, 2.05) is 4.72 Å². The van der Waals surface area contributed by atoms with Gasteiger partial charge in [0.25, 0.3) is 0 Å². The van der Waals surface area contributed by atoms with E-state index in [0.29, 0.717) is 0 Å². The predicted octanol–water partition coefficient (Wildman–Crippen LogP) is 1.05. The average molecular weight is 325 g/mol. The molecule has 1 atom stereocenters. The van der Waals surface area contributed by atoms with Crippen molar-refractivity contribution in [1.29, 1.82) is 0 Å². The third kappa shape index (κ3) is 3.82. The fourth-order valence-electron chi connectivity index (χ4n) is 1.42. The van der Waals surface area contributed by atoms with Crippen LogP contribution in [-0.4, -0.2) is 20.4 Å². The van der Waals surface area contributed by atoms with Gasteiger partial charge in [-0.1, -0.05) is 43.1 Å². The number of hydrogen-bond donors (Lipinski definition) is 1. The van der Waals surface area contributed by atoms with Gasteiger partial charge in [0.05, 0.1) is 22.1 Å². The summed E-state index contributed by atoms with van der Waals surface area (Å²) >= 11 is 11.6. The number of rotatable bonds is 5. The number of carbonyl (C=O) groups excluding carboxylic acids is 1. The van der Waals surface area contributed by atoms with Gasteiger partial charge in [0.15, 0.2) is 0 Å². The maximum Gasteiger partial charge on any atom is 0.244 e. The Kier molecular flexibility index (Phi) is 5.20. The summed E-state index contributed by atoms with van der Waals surface area (Å²) < 4.78 is 26.3. The van der Waals surface area contributed by atoms with E-state index in [1.54, 1.807) is 13.8 Å². The van der Waals surface area contributed by atoms with E-state index in [1.165, 1.54) is 18.2 Å². The van der Waals surface area contributed by atoms with Gasteiger partial charge in [-0.25, -0.2) is 13.1 Å². The van der Waals surface area contributed by atoms with E-state index in [4.69, 9.17) is 23.2 Å². The van der Waals surface area contributed by atoms with E-state index < -0.39 is 28.0 Å². The van der Waals surface area contributed by atoms with Crippen LogP contribution >= 0.6 is 23.2 Å². The van der Waals surface area contributed by atoms with Crippen molar-refractivity contribution < 1.29 is 18.3 Å². The van der Waals surface area contributed by atoms with Crippen LogP contribution in [0.15, 0.2) is 23.1 Å². The molecule has 0 aromatic heterocycles. The van der Waals surface area contributed by atoms with Crippen LogP contribution in [0, 0.1) is 5.92 Å². The molecule has 19 heavy (non-hydrogen) atoms. The first-order chi connectivity index (χ1) is 8.66. The van der Waals surface area contributed by atoms with E-state index in [9.17, 15) is 18.3 Å². The molecule has 0 aliphatic rings. The second-order valence-corrected chi connectivity index (χ2v) is 6.68. The van der Waals surface area contributed by atoms with Crippen LogP contribution in [0.4, 0.5) is 0 Å². The molecule has 0 spiro atoms. The second-order valence-electron chi connectivity index (χ2n) is 4.21. The lowest BCUT2D eigenvalue weighted by Gasteiger charge is -2.23. The molecular formula is C11H12Cl2NO4S-. The molecule has 0 radical (unpaired) electrons. The molecular weight excluding hydrogens is 313 g/mol. The van der Waals surface area contributed by atoms with Crippen LogP contribution in [0.25, 0.3) is 0 Å². The molecule has 0 unspecified atom stereocenters. The number of sulfonamides is 1. The molecule has 0 fully saturated rings. The third-order valence-electron chi connectivity index (χ3n) is 2.39. The minimum absolute atomic E-state index is 0.0825. The summed E-state index contributed by atoms with van der Waals surface area (Å²) in [6.07, 6.45) is 0. The van der Waals surface area contributed by atoms with Crippen LogP contribution < -0.4 is 9.83 Å². The SMILES string of the molecule is CC(C)[C@H](NS(=O)(=O)c1c(Cl)cccc1Cl)C(=O)[O-]. The van der Waals surface area contributed by atoms with Gasteiger partial charge >= 0.3 is 0 Å². The maximum absolute atomic E-state index is 12.1. The van der Waals surface area contributed by atoms with Gasteiger partial charge in [-0.05, 0) is 18.1 Å². The van der Waals surface area contributed by atoms with Gasteiger partial charge in [0.1, 0.15) is 4.90 Å². The van der Waals surface area contributed by atoms with Crippen LogP contribution in [0.3, 0.4) is 0 Å². The van der Waals surface area contributed by atoms with Crippen molar-refractivity contribution >= 4 is 39.2 Å². The van der Waals surface area contributed by atoms with Crippen molar-refractivity contribution in [1.82, 2.24) is 4.72 Å². The van der Waals surface area contributed by atoms with Gasteiger partial charge in [0.2, 0.25) is 10.0 Å². The largest absolute Gasteiger partial charge is 0.548 e. The molecule has 0 aliphatic carbocycles. The summed E-state index contributed by atoms with van der Waals surface area (Å²) in [5.41, 5.74) is 0. The van der Waals surface area contributed by atoms with Crippen molar-refractivity contribution in [3.63, 3.8) is 0 Å². The minimum atomic E-state index is -4.15. The van der Waals surface area contributed by atoms with Crippen LogP contribution in [0.5, 0.6) is 0 Å². The number of aliphatic carboxylic acids is 1. The Hall–Kier alpha value is -0.820. The van der Waals surface area contributed by atoms with Gasteiger partial charge in [-0.3, -0.25) is 0 Å². The number of hydrogen-bond acceptors (Lipinski definition) is 4. The Labute approximate surface area is 121 Å². The topological polar surface area (TPSA) is 86.3 Å². The van der Waals surface area contributed by atoms with Crippen molar-refractivity contribution in [3.8, 4) is 0 Å². The fourth-order valence-corrected chi connectivity index (χ4v) is 3.90. The van der Waals surface area contributed by atoms with Gasteiger partial charge in [-0.2, -0.15) is 0 Å². The van der Waals surface area contributed by atoms with Crippen LogP contribution in [-0.2, 0) is 14.8 Å². The lowest BCUT2D eigenvalue weighted by molar-refractivity contribution is -0.309. The Bertz CT molecular complexity index is 566. The van der Waals surface area contributed by atoms with Crippen molar-refractivity contribution in [2.24, 2.45) is 5.92 Å². The Morgan fingerprint density at radius 2 is 1.74 bits per heavy atom. The lowest BCUT2D eigenvalue weighted by Crippen LogP contribution is -2.50. The first kappa shape index (κ1) is 16.2. The summed E-state index contributed by atoms with van der Waals surface area (Å²) in [7, 11) is -4.15. The molecule has 8 heteroatoms. The number of carboxylic acids is 1. The molecule has 0 amide bonds. The lowest BCUT2D eigenvalue weighted by atomic mass is 10.1. The quantitative estimate of drug-likeness (QED) is 0.876. The smallest absolute Gasteiger partial charge is 0.244 e. The monoisotopic (exact) mass is 324 g/mol. The number of halogens is 2. The number of benzene rings is 1. The Morgan fingerprint density at radius 3 is 2.11 bits per heavy atom. The average Bonchev–Trinajstić information content (AvgIpc) is 2.24. The normalized spacial score (nSPS) is 13.5. The number of nitrogens with one attached hydrogen (secondary N) is 1. The summed E-state index contributed by atoms with van der Waals surface area (Å²) in [5.74, 6) is -2.00. The minimum Gasteiger partial charge on any atom is -0.548 e. The number of carboxylic acid groups (broad SMARTS) is 1. The molecule has 0 bridgehead atoms. The second kappa shape index (κ2) is 6.09. The predicted molar refractivity (Wildman–Crippen MR) is 70.4 cm³/mol. The highest BCUT2D eigenvalue weighted by molar-refractivity contribution is 7.89. The van der Waals surface area contributed by atoms with Gasteiger partial charge in [-0.15, -0.1) is 0 Å². The summed E-state index contributed by atoms with van der Waals surface area (Å²) in [6, 6.07) is 2.83. The molecule has 1 aromatic rings. The first-order valence-electron chi connectivity index (χ1n) is 5.34. The third-order valence-corrected chi connectivity index (χ3v) is 4.79. The summed E-state index contributed by atoms with van der Waals surface area (Å²) in [4.78, 5) is 10.6. The van der Waals surface area contributed by atoms with Crippen molar-refractivity contribution in [2.45, 2.75) is 24.8 Å². The Morgan fingerprint density at radius 1 is 1.26 bits per heavy atom. The summed E-state index contributed by atoms with van der Waals surface area (Å²) in [6.45, 7) is 3.11. The summed E-state index contributed by atoms with van der Waals surface area (Å²) in [5, 5.41) is 10.8. The molecule has 0 heterocycles. The molecule has 5 nitrogen and oxygen atoms in total. The zero-order chi connectivity index (χ0) is 14.8. The molecule has 0 aliphatic heterocycles.